The fraction of sp³-hybridized carbons (Fsp3) is 0.304. The fourth-order valence-corrected chi connectivity index (χ4v) is 4.16. The van der Waals surface area contributed by atoms with Crippen molar-refractivity contribution in [1.29, 1.82) is 0 Å². The van der Waals surface area contributed by atoms with Crippen molar-refractivity contribution >= 4 is 39.8 Å². The SMILES string of the molecule is Cc1cccc2c(Nc3ccc(C(F)(F)F)cc3Cl)ncc(C(=O)N3CCCCC3)c12. The normalized spacial score (nSPS) is 14.7. The van der Waals surface area contributed by atoms with Gasteiger partial charge in [0.25, 0.3) is 5.91 Å². The first-order chi connectivity index (χ1) is 14.8. The van der Waals surface area contributed by atoms with Crippen LogP contribution in [-0.2, 0) is 6.18 Å². The Morgan fingerprint density at radius 3 is 2.55 bits per heavy atom. The van der Waals surface area contributed by atoms with Crippen LogP contribution in [0.5, 0.6) is 0 Å². The Morgan fingerprint density at radius 2 is 1.87 bits per heavy atom. The predicted molar refractivity (Wildman–Crippen MR) is 116 cm³/mol. The number of halogens is 4. The monoisotopic (exact) mass is 447 g/mol. The zero-order valence-electron chi connectivity index (χ0n) is 16.9. The second-order valence-electron chi connectivity index (χ2n) is 7.69. The molecule has 162 valence electrons. The van der Waals surface area contributed by atoms with Gasteiger partial charge in [0, 0.05) is 30.1 Å². The minimum atomic E-state index is -4.47. The van der Waals surface area contributed by atoms with E-state index in [1.54, 1.807) is 0 Å². The highest BCUT2D eigenvalue weighted by Gasteiger charge is 2.31. The van der Waals surface area contributed by atoms with Crippen LogP contribution in [0.25, 0.3) is 10.8 Å². The number of piperidine rings is 1. The minimum absolute atomic E-state index is 0.0504. The second-order valence-corrected chi connectivity index (χ2v) is 8.10. The summed E-state index contributed by atoms with van der Waals surface area (Å²) in [5.74, 6) is 0.376. The molecule has 8 heteroatoms. The van der Waals surface area contributed by atoms with Gasteiger partial charge in [0.15, 0.2) is 0 Å². The van der Waals surface area contributed by atoms with Gasteiger partial charge >= 0.3 is 6.18 Å². The molecule has 31 heavy (non-hydrogen) atoms. The number of carbonyl (C=O) groups is 1. The second kappa shape index (κ2) is 8.38. The topological polar surface area (TPSA) is 45.2 Å². The number of nitrogens with one attached hydrogen (secondary N) is 1. The lowest BCUT2D eigenvalue weighted by Gasteiger charge is -2.27. The van der Waals surface area contributed by atoms with Crippen LogP contribution in [-0.4, -0.2) is 28.9 Å². The number of aromatic nitrogens is 1. The van der Waals surface area contributed by atoms with Crippen molar-refractivity contribution < 1.29 is 18.0 Å². The summed E-state index contributed by atoms with van der Waals surface area (Å²) in [5.41, 5.74) is 0.931. The van der Waals surface area contributed by atoms with Crippen LogP contribution < -0.4 is 5.32 Å². The van der Waals surface area contributed by atoms with E-state index in [1.807, 2.05) is 30.0 Å². The molecule has 3 aromatic rings. The van der Waals surface area contributed by atoms with Gasteiger partial charge in [-0.05, 0) is 49.9 Å². The molecule has 2 heterocycles. The third-order valence-electron chi connectivity index (χ3n) is 5.54. The summed E-state index contributed by atoms with van der Waals surface area (Å²) in [6, 6.07) is 8.74. The fourth-order valence-electron chi connectivity index (χ4n) is 3.94. The van der Waals surface area contributed by atoms with E-state index in [1.165, 1.54) is 12.3 Å². The van der Waals surface area contributed by atoms with Gasteiger partial charge in [-0.3, -0.25) is 4.79 Å². The molecule has 0 aliphatic carbocycles. The number of benzene rings is 2. The lowest BCUT2D eigenvalue weighted by molar-refractivity contribution is -0.137. The summed E-state index contributed by atoms with van der Waals surface area (Å²) in [4.78, 5) is 19.4. The molecule has 1 aliphatic heterocycles. The largest absolute Gasteiger partial charge is 0.416 e. The number of amides is 1. The lowest BCUT2D eigenvalue weighted by Crippen LogP contribution is -2.35. The van der Waals surface area contributed by atoms with Crippen molar-refractivity contribution in [2.45, 2.75) is 32.4 Å². The van der Waals surface area contributed by atoms with Gasteiger partial charge in [-0.25, -0.2) is 4.98 Å². The number of hydrogen-bond donors (Lipinski definition) is 1. The average Bonchev–Trinajstić information content (AvgIpc) is 2.75. The molecule has 1 N–H and O–H groups in total. The minimum Gasteiger partial charge on any atom is -0.339 e. The van der Waals surface area contributed by atoms with E-state index in [9.17, 15) is 18.0 Å². The zero-order chi connectivity index (χ0) is 22.2. The highest BCUT2D eigenvalue weighted by molar-refractivity contribution is 6.33. The maximum atomic E-state index is 13.2. The third-order valence-corrected chi connectivity index (χ3v) is 5.86. The number of pyridine rings is 1. The number of carbonyl (C=O) groups excluding carboxylic acids is 1. The Balaban J connectivity index is 1.74. The van der Waals surface area contributed by atoms with Crippen molar-refractivity contribution in [1.82, 2.24) is 9.88 Å². The zero-order valence-corrected chi connectivity index (χ0v) is 17.6. The molecule has 1 aliphatic rings. The molecule has 0 bridgehead atoms. The highest BCUT2D eigenvalue weighted by atomic mass is 35.5. The molecule has 0 unspecified atom stereocenters. The number of likely N-dealkylation sites (tertiary alicyclic amines) is 1. The molecule has 0 atom stereocenters. The first-order valence-corrected chi connectivity index (χ1v) is 10.4. The third kappa shape index (κ3) is 4.32. The van der Waals surface area contributed by atoms with Crippen LogP contribution in [0.1, 0.15) is 40.7 Å². The number of hydrogen-bond acceptors (Lipinski definition) is 3. The van der Waals surface area contributed by atoms with E-state index < -0.39 is 11.7 Å². The van der Waals surface area contributed by atoms with Crippen LogP contribution in [0.15, 0.2) is 42.6 Å². The number of rotatable bonds is 3. The van der Waals surface area contributed by atoms with E-state index in [2.05, 4.69) is 10.3 Å². The summed E-state index contributed by atoms with van der Waals surface area (Å²) in [6.45, 7) is 3.38. The van der Waals surface area contributed by atoms with E-state index in [4.69, 9.17) is 11.6 Å². The lowest BCUT2D eigenvalue weighted by atomic mass is 10.00. The molecule has 0 saturated carbocycles. The smallest absolute Gasteiger partial charge is 0.339 e. The number of anilines is 2. The van der Waals surface area contributed by atoms with Crippen molar-refractivity contribution in [3.8, 4) is 0 Å². The van der Waals surface area contributed by atoms with Gasteiger partial charge in [-0.1, -0.05) is 29.8 Å². The van der Waals surface area contributed by atoms with Crippen LogP contribution in [0, 0.1) is 6.92 Å². The first-order valence-electron chi connectivity index (χ1n) is 10.1. The molecular weight excluding hydrogens is 427 g/mol. The molecule has 1 saturated heterocycles. The number of alkyl halides is 3. The standard InChI is InChI=1S/C23H21ClF3N3O/c1-14-6-5-7-16-20(14)17(22(31)30-10-3-2-4-11-30)13-28-21(16)29-19-9-8-15(12-18(19)24)23(25,26)27/h5-9,12-13H,2-4,10-11H2,1H3,(H,28,29). The highest BCUT2D eigenvalue weighted by Crippen LogP contribution is 2.36. The molecule has 2 aromatic carbocycles. The van der Waals surface area contributed by atoms with Gasteiger partial charge in [-0.2, -0.15) is 13.2 Å². The number of aryl methyl sites for hydroxylation is 1. The molecule has 1 amide bonds. The Kier molecular flexibility index (Phi) is 5.79. The maximum Gasteiger partial charge on any atom is 0.416 e. The summed E-state index contributed by atoms with van der Waals surface area (Å²) in [7, 11) is 0. The van der Waals surface area contributed by atoms with E-state index >= 15 is 0 Å². The molecule has 4 nitrogen and oxygen atoms in total. The molecule has 1 fully saturated rings. The maximum absolute atomic E-state index is 13.2. The van der Waals surface area contributed by atoms with Gasteiger partial charge < -0.3 is 10.2 Å². The van der Waals surface area contributed by atoms with E-state index in [0.29, 0.717) is 22.5 Å². The van der Waals surface area contributed by atoms with Crippen LogP contribution in [0.3, 0.4) is 0 Å². The van der Waals surface area contributed by atoms with Gasteiger partial charge in [0.1, 0.15) is 5.82 Å². The van der Waals surface area contributed by atoms with Gasteiger partial charge in [0.2, 0.25) is 0 Å². The Hall–Kier alpha value is -2.80. The summed E-state index contributed by atoms with van der Waals surface area (Å²) >= 11 is 6.10. The Morgan fingerprint density at radius 1 is 1.13 bits per heavy atom. The summed E-state index contributed by atoms with van der Waals surface area (Å²) in [6.07, 6.45) is 0.163. The van der Waals surface area contributed by atoms with Crippen molar-refractivity contribution in [2.75, 3.05) is 18.4 Å². The molecule has 0 radical (unpaired) electrons. The average molecular weight is 448 g/mol. The predicted octanol–water partition coefficient (Wildman–Crippen LogP) is 6.59. The van der Waals surface area contributed by atoms with Crippen LogP contribution in [0.4, 0.5) is 24.7 Å². The van der Waals surface area contributed by atoms with Crippen LogP contribution >= 0.6 is 11.6 Å². The van der Waals surface area contributed by atoms with Crippen molar-refractivity contribution in [3.05, 3.63) is 64.3 Å². The van der Waals surface area contributed by atoms with E-state index in [-0.39, 0.29) is 10.9 Å². The van der Waals surface area contributed by atoms with E-state index in [0.717, 1.165) is 55.4 Å². The molecule has 4 rings (SSSR count). The van der Waals surface area contributed by atoms with Gasteiger partial charge in [0.05, 0.1) is 21.8 Å². The molecule has 1 aromatic heterocycles. The number of nitrogens with zero attached hydrogens (tertiary/aromatic N) is 2. The molecule has 0 spiro atoms. The van der Waals surface area contributed by atoms with Crippen LogP contribution in [0.2, 0.25) is 5.02 Å². The van der Waals surface area contributed by atoms with Crippen molar-refractivity contribution in [3.63, 3.8) is 0 Å². The Labute approximate surface area is 183 Å². The Bertz CT molecular complexity index is 1140. The quantitative estimate of drug-likeness (QED) is 0.493. The summed E-state index contributed by atoms with van der Waals surface area (Å²) in [5, 5.41) is 4.45. The molecular formula is C23H21ClF3N3O. The van der Waals surface area contributed by atoms with Gasteiger partial charge in [-0.15, -0.1) is 0 Å². The van der Waals surface area contributed by atoms with Crippen molar-refractivity contribution in [2.24, 2.45) is 0 Å². The number of fused-ring (bicyclic) bond motifs is 1. The first kappa shape index (κ1) is 21.4. The summed E-state index contributed by atoms with van der Waals surface area (Å²) < 4.78 is 38.8.